The third kappa shape index (κ3) is 3.02. The van der Waals surface area contributed by atoms with Crippen LogP contribution in [0, 0.1) is 5.82 Å². The van der Waals surface area contributed by atoms with Crippen molar-refractivity contribution in [2.75, 3.05) is 13.1 Å². The summed E-state index contributed by atoms with van der Waals surface area (Å²) in [5, 5.41) is 0.766. The highest BCUT2D eigenvalue weighted by atomic mass is 35.5. The third-order valence-electron chi connectivity index (χ3n) is 3.92. The fourth-order valence-electron chi connectivity index (χ4n) is 2.72. The highest BCUT2D eigenvalue weighted by Gasteiger charge is 2.18. The van der Waals surface area contributed by atoms with Gasteiger partial charge in [0.15, 0.2) is 0 Å². The van der Waals surface area contributed by atoms with Crippen LogP contribution < -0.4 is 0 Å². The minimum absolute atomic E-state index is 0.0707. The zero-order valence-electron chi connectivity index (χ0n) is 11.3. The number of hydrogen-bond donors (Lipinski definition) is 0. The van der Waals surface area contributed by atoms with Crippen LogP contribution in [0.4, 0.5) is 4.39 Å². The lowest BCUT2D eigenvalue weighted by Crippen LogP contribution is -2.32. The Balaban J connectivity index is 1.63. The number of fused-ring (bicyclic) bond motifs is 1. The van der Waals surface area contributed by atoms with Gasteiger partial charge >= 0.3 is 0 Å². The average Bonchev–Trinajstić information content (AvgIpc) is 2.47. The molecule has 20 heavy (non-hydrogen) atoms. The van der Waals surface area contributed by atoms with E-state index in [-0.39, 0.29) is 5.82 Å². The summed E-state index contributed by atoms with van der Waals surface area (Å²) in [5.41, 5.74) is 3.30. The van der Waals surface area contributed by atoms with E-state index in [4.69, 9.17) is 11.6 Å². The highest BCUT2D eigenvalue weighted by molar-refractivity contribution is 6.30. The van der Waals surface area contributed by atoms with Crippen LogP contribution in [-0.4, -0.2) is 18.0 Å². The number of hydrogen-bond acceptors (Lipinski definition) is 1. The maximum atomic E-state index is 13.8. The zero-order chi connectivity index (χ0) is 13.9. The second-order valence-electron chi connectivity index (χ2n) is 5.28. The minimum atomic E-state index is -0.0707. The smallest absolute Gasteiger partial charge is 0.127 e. The van der Waals surface area contributed by atoms with Gasteiger partial charge in [0.25, 0.3) is 0 Å². The van der Waals surface area contributed by atoms with Crippen LogP contribution in [0.25, 0.3) is 0 Å². The molecule has 1 heterocycles. The van der Waals surface area contributed by atoms with Crippen molar-refractivity contribution in [1.82, 2.24) is 4.90 Å². The van der Waals surface area contributed by atoms with Crippen molar-refractivity contribution in [1.29, 1.82) is 0 Å². The maximum absolute atomic E-state index is 13.8. The van der Waals surface area contributed by atoms with Gasteiger partial charge in [-0.1, -0.05) is 35.9 Å². The molecule has 3 rings (SSSR count). The van der Waals surface area contributed by atoms with Crippen LogP contribution in [0.2, 0.25) is 5.02 Å². The molecule has 1 aliphatic rings. The van der Waals surface area contributed by atoms with Crippen molar-refractivity contribution >= 4 is 11.6 Å². The molecule has 0 aliphatic carbocycles. The van der Waals surface area contributed by atoms with E-state index in [0.29, 0.717) is 0 Å². The van der Waals surface area contributed by atoms with E-state index in [2.05, 4.69) is 17.0 Å². The highest BCUT2D eigenvalue weighted by Crippen LogP contribution is 2.22. The Morgan fingerprint density at radius 1 is 1.10 bits per heavy atom. The number of benzene rings is 2. The van der Waals surface area contributed by atoms with Crippen LogP contribution in [0.3, 0.4) is 0 Å². The topological polar surface area (TPSA) is 3.24 Å². The molecule has 0 saturated carbocycles. The van der Waals surface area contributed by atoms with Crippen molar-refractivity contribution in [2.45, 2.75) is 19.4 Å². The van der Waals surface area contributed by atoms with Gasteiger partial charge in [-0.25, -0.2) is 4.39 Å². The molecular formula is C17H17ClFN. The molecule has 1 nitrogen and oxygen atoms in total. The summed E-state index contributed by atoms with van der Waals surface area (Å²) in [6, 6.07) is 13.3. The van der Waals surface area contributed by atoms with Gasteiger partial charge in [-0.3, -0.25) is 4.90 Å². The van der Waals surface area contributed by atoms with Crippen molar-refractivity contribution in [3.8, 4) is 0 Å². The molecule has 0 amide bonds. The van der Waals surface area contributed by atoms with Crippen molar-refractivity contribution in [2.24, 2.45) is 0 Å². The molecule has 104 valence electrons. The minimum Gasteiger partial charge on any atom is -0.298 e. The van der Waals surface area contributed by atoms with E-state index in [1.54, 1.807) is 12.1 Å². The molecule has 0 fully saturated rings. The Labute approximate surface area is 124 Å². The third-order valence-corrected chi connectivity index (χ3v) is 4.18. The second-order valence-corrected chi connectivity index (χ2v) is 5.72. The van der Waals surface area contributed by atoms with Gasteiger partial charge in [0.1, 0.15) is 5.82 Å². The van der Waals surface area contributed by atoms with E-state index >= 15 is 0 Å². The molecule has 0 atom stereocenters. The first-order valence-electron chi connectivity index (χ1n) is 6.95. The van der Waals surface area contributed by atoms with E-state index in [0.717, 1.165) is 48.6 Å². The summed E-state index contributed by atoms with van der Waals surface area (Å²) in [7, 11) is 0. The first-order valence-corrected chi connectivity index (χ1v) is 7.33. The molecule has 3 heteroatoms. The Kier molecular flexibility index (Phi) is 4.04. The van der Waals surface area contributed by atoms with E-state index in [9.17, 15) is 4.39 Å². The summed E-state index contributed by atoms with van der Waals surface area (Å²) in [6.45, 7) is 2.68. The first kappa shape index (κ1) is 13.6. The van der Waals surface area contributed by atoms with E-state index < -0.39 is 0 Å². The summed E-state index contributed by atoms with van der Waals surface area (Å²) in [6.07, 6.45) is 1.91. The van der Waals surface area contributed by atoms with Crippen molar-refractivity contribution < 1.29 is 4.39 Å². The lowest BCUT2D eigenvalue weighted by Gasteiger charge is -2.29. The maximum Gasteiger partial charge on any atom is 0.127 e. The van der Waals surface area contributed by atoms with Crippen molar-refractivity contribution in [3.63, 3.8) is 0 Å². The SMILES string of the molecule is Fc1cccc2c1CN(CCc1ccc(Cl)cc1)CC2. The Morgan fingerprint density at radius 3 is 2.70 bits per heavy atom. The lowest BCUT2D eigenvalue weighted by atomic mass is 9.99. The van der Waals surface area contributed by atoms with Crippen LogP contribution >= 0.6 is 11.6 Å². The van der Waals surface area contributed by atoms with Gasteiger partial charge < -0.3 is 0 Å². The van der Waals surface area contributed by atoms with E-state index in [1.807, 2.05) is 18.2 Å². The molecular weight excluding hydrogens is 273 g/mol. The standard InChI is InChI=1S/C17H17ClFN/c18-15-6-4-13(5-7-15)8-10-20-11-9-14-2-1-3-17(19)16(14)12-20/h1-7H,8-12H2. The number of rotatable bonds is 3. The summed E-state index contributed by atoms with van der Waals surface area (Å²) >= 11 is 5.88. The summed E-state index contributed by atoms with van der Waals surface area (Å²) < 4.78 is 13.8. The molecule has 1 aliphatic heterocycles. The van der Waals surface area contributed by atoms with Gasteiger partial charge in [-0.15, -0.1) is 0 Å². The van der Waals surface area contributed by atoms with Crippen LogP contribution in [-0.2, 0) is 19.4 Å². The fourth-order valence-corrected chi connectivity index (χ4v) is 2.85. The molecule has 2 aromatic rings. The van der Waals surface area contributed by atoms with Crippen LogP contribution in [0.5, 0.6) is 0 Å². The van der Waals surface area contributed by atoms with Crippen LogP contribution in [0.15, 0.2) is 42.5 Å². The molecule has 0 aromatic heterocycles. The van der Waals surface area contributed by atoms with Gasteiger partial charge in [0, 0.05) is 30.2 Å². The Bertz CT molecular complexity index is 594. The number of halogens is 2. The fraction of sp³-hybridized carbons (Fsp3) is 0.294. The molecule has 2 aromatic carbocycles. The van der Waals surface area contributed by atoms with Gasteiger partial charge in [-0.2, -0.15) is 0 Å². The quantitative estimate of drug-likeness (QED) is 0.823. The normalized spacial score (nSPS) is 15.1. The van der Waals surface area contributed by atoms with Crippen LogP contribution in [0.1, 0.15) is 16.7 Å². The largest absolute Gasteiger partial charge is 0.298 e. The predicted octanol–water partition coefficient (Wildman–Crippen LogP) is 4.08. The Hall–Kier alpha value is -1.38. The summed E-state index contributed by atoms with van der Waals surface area (Å²) in [4.78, 5) is 2.32. The molecule has 0 radical (unpaired) electrons. The predicted molar refractivity (Wildman–Crippen MR) is 80.5 cm³/mol. The monoisotopic (exact) mass is 289 g/mol. The first-order chi connectivity index (χ1) is 9.72. The molecule has 0 saturated heterocycles. The van der Waals surface area contributed by atoms with Crippen molar-refractivity contribution in [3.05, 3.63) is 70.0 Å². The molecule has 0 unspecified atom stereocenters. The molecule has 0 N–H and O–H groups in total. The zero-order valence-corrected chi connectivity index (χ0v) is 12.0. The van der Waals surface area contributed by atoms with Gasteiger partial charge in [-0.05, 0) is 42.2 Å². The average molecular weight is 290 g/mol. The number of nitrogens with zero attached hydrogens (tertiary/aromatic N) is 1. The van der Waals surface area contributed by atoms with Gasteiger partial charge in [0.2, 0.25) is 0 Å². The molecule has 0 spiro atoms. The lowest BCUT2D eigenvalue weighted by molar-refractivity contribution is 0.252. The molecule has 0 bridgehead atoms. The Morgan fingerprint density at radius 2 is 1.90 bits per heavy atom. The van der Waals surface area contributed by atoms with Gasteiger partial charge in [0.05, 0.1) is 0 Å². The van der Waals surface area contributed by atoms with E-state index in [1.165, 1.54) is 5.56 Å². The second kappa shape index (κ2) is 5.94. The summed E-state index contributed by atoms with van der Waals surface area (Å²) in [5.74, 6) is -0.0707.